The highest BCUT2D eigenvalue weighted by Gasteiger charge is 2.40. The highest BCUT2D eigenvalue weighted by atomic mass is 19.1. The van der Waals surface area contributed by atoms with Gasteiger partial charge >= 0.3 is 0 Å². The normalized spacial score (nSPS) is 19.6. The molecule has 3 rings (SSSR count). The predicted molar refractivity (Wildman–Crippen MR) is 116 cm³/mol. The van der Waals surface area contributed by atoms with Crippen LogP contribution in [0, 0.1) is 11.3 Å². The molecule has 1 aromatic heterocycles. The SMILES string of the molecule is COC1CN(c2ccc(C(=O)N[C@@H](C)C(C)COCCF)nc2OCC2(CO)COC2)C1. The van der Waals surface area contributed by atoms with E-state index in [2.05, 4.69) is 15.2 Å². The number of alkyl halides is 1. The summed E-state index contributed by atoms with van der Waals surface area (Å²) in [6, 6.07) is 3.31. The van der Waals surface area contributed by atoms with Crippen molar-refractivity contribution in [2.75, 3.05) is 71.4 Å². The minimum Gasteiger partial charge on any atom is -0.475 e. The van der Waals surface area contributed by atoms with Crippen LogP contribution < -0.4 is 15.0 Å². The minimum absolute atomic E-state index is 0.00980. The molecule has 10 heteroatoms. The van der Waals surface area contributed by atoms with Gasteiger partial charge in [-0.25, -0.2) is 9.37 Å². The zero-order valence-corrected chi connectivity index (χ0v) is 19.0. The number of aromatic nitrogens is 1. The Kier molecular flexibility index (Phi) is 8.64. The average Bonchev–Trinajstić information content (AvgIpc) is 2.73. The largest absolute Gasteiger partial charge is 0.475 e. The van der Waals surface area contributed by atoms with Crippen molar-refractivity contribution in [1.82, 2.24) is 10.3 Å². The number of pyridine rings is 1. The average molecular weight is 456 g/mol. The Morgan fingerprint density at radius 3 is 2.75 bits per heavy atom. The molecular weight excluding hydrogens is 421 g/mol. The van der Waals surface area contributed by atoms with Crippen LogP contribution in [-0.2, 0) is 14.2 Å². The van der Waals surface area contributed by atoms with Crippen LogP contribution in [0.5, 0.6) is 5.88 Å². The second-order valence-corrected chi connectivity index (χ2v) is 8.73. The molecule has 1 amide bonds. The van der Waals surface area contributed by atoms with E-state index in [1.165, 1.54) is 0 Å². The first kappa shape index (κ1) is 24.6. The number of halogens is 1. The Morgan fingerprint density at radius 2 is 2.16 bits per heavy atom. The molecule has 0 spiro atoms. The second kappa shape index (κ2) is 11.2. The first-order valence-electron chi connectivity index (χ1n) is 11.0. The number of nitrogens with zero attached hydrogens (tertiary/aromatic N) is 2. The molecule has 0 radical (unpaired) electrons. The lowest BCUT2D eigenvalue weighted by Crippen LogP contribution is -2.52. The van der Waals surface area contributed by atoms with Crippen molar-refractivity contribution >= 4 is 11.6 Å². The van der Waals surface area contributed by atoms with Crippen LogP contribution in [0.2, 0.25) is 0 Å². The molecule has 1 aromatic rings. The zero-order valence-electron chi connectivity index (χ0n) is 19.0. The highest BCUT2D eigenvalue weighted by molar-refractivity contribution is 5.93. The van der Waals surface area contributed by atoms with Crippen LogP contribution >= 0.6 is 0 Å². The van der Waals surface area contributed by atoms with Gasteiger partial charge in [-0.2, -0.15) is 0 Å². The molecule has 2 saturated heterocycles. The fourth-order valence-corrected chi connectivity index (χ4v) is 3.41. The summed E-state index contributed by atoms with van der Waals surface area (Å²) >= 11 is 0. The number of ether oxygens (including phenoxy) is 4. The lowest BCUT2D eigenvalue weighted by Gasteiger charge is -2.41. The maximum Gasteiger partial charge on any atom is 0.270 e. The zero-order chi connectivity index (χ0) is 23.1. The molecule has 2 aliphatic rings. The summed E-state index contributed by atoms with van der Waals surface area (Å²) in [4.78, 5) is 19.4. The van der Waals surface area contributed by atoms with Gasteiger partial charge in [0, 0.05) is 26.2 Å². The lowest BCUT2D eigenvalue weighted by atomic mass is 9.88. The Hall–Kier alpha value is -2.01. The van der Waals surface area contributed by atoms with Gasteiger partial charge in [0.1, 0.15) is 24.7 Å². The minimum atomic E-state index is -0.529. The molecule has 9 nitrogen and oxygen atoms in total. The van der Waals surface area contributed by atoms with Crippen molar-refractivity contribution in [3.8, 4) is 5.88 Å². The van der Waals surface area contributed by atoms with E-state index in [4.69, 9.17) is 18.9 Å². The molecule has 32 heavy (non-hydrogen) atoms. The molecule has 180 valence electrons. The standard InChI is InChI=1S/C22H34FN3O6/c1-15(10-30-7-6-23)16(2)24-20(28)18-4-5-19(26-8-17(9-26)29-3)21(25-18)32-14-22(11-27)12-31-13-22/h4-5,15-17,27H,6-14H2,1-3H3,(H,24,28)/t15?,16-/m0/s1. The van der Waals surface area contributed by atoms with Gasteiger partial charge in [-0.15, -0.1) is 0 Å². The van der Waals surface area contributed by atoms with Crippen molar-refractivity contribution in [2.24, 2.45) is 11.3 Å². The van der Waals surface area contributed by atoms with Crippen LogP contribution in [0.1, 0.15) is 24.3 Å². The third-order valence-electron chi connectivity index (χ3n) is 6.08. The second-order valence-electron chi connectivity index (χ2n) is 8.73. The van der Waals surface area contributed by atoms with Crippen LogP contribution in [-0.4, -0.2) is 94.7 Å². The van der Waals surface area contributed by atoms with Gasteiger partial charge in [-0.3, -0.25) is 4.79 Å². The molecule has 2 N–H and O–H groups in total. The Morgan fingerprint density at radius 1 is 1.41 bits per heavy atom. The Labute approximate surface area is 188 Å². The summed E-state index contributed by atoms with van der Waals surface area (Å²) in [5, 5.41) is 12.6. The van der Waals surface area contributed by atoms with Crippen molar-refractivity contribution in [3.05, 3.63) is 17.8 Å². The molecule has 2 fully saturated rings. The number of hydrogen-bond acceptors (Lipinski definition) is 8. The van der Waals surface area contributed by atoms with Gasteiger partial charge < -0.3 is 34.3 Å². The maximum absolute atomic E-state index is 12.8. The number of aliphatic hydroxyl groups is 1. The molecule has 0 bridgehead atoms. The van der Waals surface area contributed by atoms with Crippen molar-refractivity contribution in [2.45, 2.75) is 26.0 Å². The van der Waals surface area contributed by atoms with E-state index in [1.807, 2.05) is 19.9 Å². The monoisotopic (exact) mass is 455 g/mol. The van der Waals surface area contributed by atoms with Gasteiger partial charge in [0.15, 0.2) is 0 Å². The molecular formula is C22H34FN3O6. The molecule has 0 aromatic carbocycles. The van der Waals surface area contributed by atoms with E-state index in [0.29, 0.717) is 38.8 Å². The number of rotatable bonds is 13. The molecule has 3 heterocycles. The van der Waals surface area contributed by atoms with E-state index in [1.54, 1.807) is 13.2 Å². The summed E-state index contributed by atoms with van der Waals surface area (Å²) in [7, 11) is 1.68. The third kappa shape index (κ3) is 5.86. The van der Waals surface area contributed by atoms with E-state index in [-0.39, 0.29) is 49.5 Å². The summed E-state index contributed by atoms with van der Waals surface area (Å²) in [5.74, 6) is 0.0305. The van der Waals surface area contributed by atoms with Gasteiger partial charge in [0.05, 0.1) is 44.6 Å². The lowest BCUT2D eigenvalue weighted by molar-refractivity contribution is -0.153. The Bertz CT molecular complexity index is 752. The molecule has 0 saturated carbocycles. The summed E-state index contributed by atoms with van der Waals surface area (Å²) in [6.07, 6.45) is 0.150. The topological polar surface area (TPSA) is 102 Å². The number of aliphatic hydroxyl groups excluding tert-OH is 1. The molecule has 2 aliphatic heterocycles. The molecule has 1 unspecified atom stereocenters. The van der Waals surface area contributed by atoms with E-state index >= 15 is 0 Å². The number of carbonyl (C=O) groups excluding carboxylic acids is 1. The number of amides is 1. The smallest absolute Gasteiger partial charge is 0.270 e. The fraction of sp³-hybridized carbons (Fsp3) is 0.727. The first-order chi connectivity index (χ1) is 15.4. The number of nitrogens with one attached hydrogen (secondary N) is 1. The van der Waals surface area contributed by atoms with Crippen LogP contribution in [0.25, 0.3) is 0 Å². The molecule has 0 aliphatic carbocycles. The molecule has 2 atom stereocenters. The Balaban J connectivity index is 1.68. The fourth-order valence-electron chi connectivity index (χ4n) is 3.41. The number of hydrogen-bond donors (Lipinski definition) is 2. The van der Waals surface area contributed by atoms with Crippen molar-refractivity contribution in [1.29, 1.82) is 0 Å². The first-order valence-corrected chi connectivity index (χ1v) is 11.0. The number of methoxy groups -OCH3 is 1. The summed E-state index contributed by atoms with van der Waals surface area (Å²) in [6.45, 7) is 6.15. The van der Waals surface area contributed by atoms with Crippen molar-refractivity contribution < 1.29 is 33.2 Å². The summed E-state index contributed by atoms with van der Waals surface area (Å²) < 4.78 is 34.0. The van der Waals surface area contributed by atoms with Gasteiger partial charge in [0.2, 0.25) is 5.88 Å². The van der Waals surface area contributed by atoms with Gasteiger partial charge in [-0.05, 0) is 25.0 Å². The van der Waals surface area contributed by atoms with E-state index in [0.717, 1.165) is 5.69 Å². The quantitative estimate of drug-likeness (QED) is 0.426. The summed E-state index contributed by atoms with van der Waals surface area (Å²) in [5.41, 5.74) is 0.577. The van der Waals surface area contributed by atoms with E-state index < -0.39 is 12.1 Å². The van der Waals surface area contributed by atoms with Crippen LogP contribution in [0.4, 0.5) is 10.1 Å². The highest BCUT2D eigenvalue weighted by Crippen LogP contribution is 2.34. The predicted octanol–water partition coefficient (Wildman–Crippen LogP) is 1.04. The third-order valence-corrected chi connectivity index (χ3v) is 6.08. The number of anilines is 1. The van der Waals surface area contributed by atoms with Crippen LogP contribution in [0.3, 0.4) is 0 Å². The van der Waals surface area contributed by atoms with Gasteiger partial charge in [-0.1, -0.05) is 6.92 Å². The van der Waals surface area contributed by atoms with E-state index in [9.17, 15) is 14.3 Å². The van der Waals surface area contributed by atoms with Gasteiger partial charge in [0.25, 0.3) is 5.91 Å². The van der Waals surface area contributed by atoms with Crippen molar-refractivity contribution in [3.63, 3.8) is 0 Å². The maximum atomic E-state index is 12.8. The number of carbonyl (C=O) groups is 1. The van der Waals surface area contributed by atoms with Crippen LogP contribution in [0.15, 0.2) is 12.1 Å².